The molecule has 0 fully saturated rings. The second-order valence-electron chi connectivity index (χ2n) is 3.08. The van der Waals surface area contributed by atoms with E-state index < -0.39 is 0 Å². The summed E-state index contributed by atoms with van der Waals surface area (Å²) in [4.78, 5) is 4.10. The zero-order valence-electron chi connectivity index (χ0n) is 8.18. The van der Waals surface area contributed by atoms with E-state index in [-0.39, 0.29) is 6.04 Å². The van der Waals surface area contributed by atoms with Crippen molar-refractivity contribution < 1.29 is 0 Å². The normalized spacial score (nSPS) is 12.3. The lowest BCUT2D eigenvalue weighted by atomic mass is 10.3. The summed E-state index contributed by atoms with van der Waals surface area (Å²) in [6.07, 6.45) is 0. The molecule has 0 aliphatic carbocycles. The van der Waals surface area contributed by atoms with Crippen LogP contribution in [0.25, 0.3) is 0 Å². The molecule has 2 aromatic heterocycles. The summed E-state index contributed by atoms with van der Waals surface area (Å²) in [6, 6.07) is 5.31. The molecule has 4 N–H and O–H groups in total. The highest BCUT2D eigenvalue weighted by atomic mass is 15.5. The molecule has 0 aromatic carbocycles. The van der Waals surface area contributed by atoms with Crippen LogP contribution in [0.15, 0.2) is 18.2 Å². The Bertz CT molecular complexity index is 424. The minimum Gasteiger partial charge on any atom is -0.384 e. The second kappa shape index (κ2) is 3.91. The number of nitrogen functional groups attached to an aromatic ring is 1. The second-order valence-corrected chi connectivity index (χ2v) is 3.08. The molecule has 0 saturated carbocycles. The smallest absolute Gasteiger partial charge is 0.196 e. The van der Waals surface area contributed by atoms with Gasteiger partial charge in [0.05, 0.1) is 6.04 Å². The van der Waals surface area contributed by atoms with Crippen molar-refractivity contribution in [1.82, 2.24) is 25.6 Å². The Morgan fingerprint density at radius 3 is 3.00 bits per heavy atom. The van der Waals surface area contributed by atoms with E-state index in [9.17, 15) is 0 Å². The van der Waals surface area contributed by atoms with Crippen molar-refractivity contribution in [3.63, 3.8) is 0 Å². The van der Waals surface area contributed by atoms with E-state index in [1.54, 1.807) is 6.07 Å². The van der Waals surface area contributed by atoms with Crippen LogP contribution in [-0.2, 0) is 0 Å². The van der Waals surface area contributed by atoms with Crippen molar-refractivity contribution in [1.29, 1.82) is 0 Å². The molecule has 2 aromatic rings. The third kappa shape index (κ3) is 2.19. The van der Waals surface area contributed by atoms with Gasteiger partial charge in [-0.25, -0.2) is 4.98 Å². The lowest BCUT2D eigenvalue weighted by Crippen LogP contribution is -2.10. The minimum atomic E-state index is -0.0713. The van der Waals surface area contributed by atoms with Gasteiger partial charge in [-0.15, -0.1) is 10.2 Å². The minimum absolute atomic E-state index is 0.0713. The standard InChI is InChI=1S/C8H11N7/c1-5(8-12-14-15-13-8)10-7-4-2-3-6(9)11-7/h2-5H,1H3,(H3,9,10,11)(H,12,13,14,15). The Hall–Kier alpha value is -2.18. The van der Waals surface area contributed by atoms with Crippen LogP contribution in [-0.4, -0.2) is 25.6 Å². The molecule has 0 saturated heterocycles. The van der Waals surface area contributed by atoms with Crippen LogP contribution in [0.4, 0.5) is 11.6 Å². The monoisotopic (exact) mass is 205 g/mol. The fourth-order valence-electron chi connectivity index (χ4n) is 1.17. The largest absolute Gasteiger partial charge is 0.384 e. The molecule has 15 heavy (non-hydrogen) atoms. The van der Waals surface area contributed by atoms with E-state index in [1.807, 2.05) is 19.1 Å². The first-order chi connectivity index (χ1) is 7.25. The zero-order valence-corrected chi connectivity index (χ0v) is 8.18. The number of aromatic amines is 1. The zero-order chi connectivity index (χ0) is 10.7. The molecular weight excluding hydrogens is 194 g/mol. The number of aromatic nitrogens is 5. The lowest BCUT2D eigenvalue weighted by Gasteiger charge is -2.10. The highest BCUT2D eigenvalue weighted by Crippen LogP contribution is 2.13. The summed E-state index contributed by atoms with van der Waals surface area (Å²) in [7, 11) is 0. The molecule has 0 aliphatic heterocycles. The summed E-state index contributed by atoms with van der Waals surface area (Å²) in [5, 5.41) is 16.7. The van der Waals surface area contributed by atoms with Gasteiger partial charge in [-0.1, -0.05) is 11.3 Å². The summed E-state index contributed by atoms with van der Waals surface area (Å²) < 4.78 is 0. The van der Waals surface area contributed by atoms with E-state index in [4.69, 9.17) is 5.73 Å². The van der Waals surface area contributed by atoms with Crippen LogP contribution >= 0.6 is 0 Å². The molecule has 2 rings (SSSR count). The maximum absolute atomic E-state index is 5.55. The molecule has 0 amide bonds. The third-order valence-electron chi connectivity index (χ3n) is 1.88. The van der Waals surface area contributed by atoms with Gasteiger partial charge in [-0.05, 0) is 19.1 Å². The average molecular weight is 205 g/mol. The van der Waals surface area contributed by atoms with Gasteiger partial charge in [0, 0.05) is 0 Å². The first kappa shape index (κ1) is 9.38. The molecule has 0 spiro atoms. The number of hydrogen-bond donors (Lipinski definition) is 3. The fraction of sp³-hybridized carbons (Fsp3) is 0.250. The van der Waals surface area contributed by atoms with Gasteiger partial charge < -0.3 is 11.1 Å². The molecule has 0 bridgehead atoms. The quantitative estimate of drug-likeness (QED) is 0.667. The van der Waals surface area contributed by atoms with Crippen LogP contribution in [0.5, 0.6) is 0 Å². The van der Waals surface area contributed by atoms with Crippen LogP contribution < -0.4 is 11.1 Å². The van der Waals surface area contributed by atoms with Gasteiger partial charge in [0.25, 0.3) is 0 Å². The Labute approximate surface area is 86.1 Å². The molecule has 0 radical (unpaired) electrons. The number of pyridine rings is 1. The number of anilines is 2. The van der Waals surface area contributed by atoms with Crippen molar-refractivity contribution in [2.24, 2.45) is 0 Å². The first-order valence-corrected chi connectivity index (χ1v) is 4.48. The van der Waals surface area contributed by atoms with Crippen molar-refractivity contribution in [3.8, 4) is 0 Å². The maximum Gasteiger partial charge on any atom is 0.196 e. The Morgan fingerprint density at radius 2 is 2.33 bits per heavy atom. The number of H-pyrrole nitrogens is 1. The molecule has 78 valence electrons. The molecule has 7 nitrogen and oxygen atoms in total. The van der Waals surface area contributed by atoms with Crippen molar-refractivity contribution in [2.45, 2.75) is 13.0 Å². The molecule has 7 heteroatoms. The van der Waals surface area contributed by atoms with E-state index in [2.05, 4.69) is 30.9 Å². The topological polar surface area (TPSA) is 105 Å². The van der Waals surface area contributed by atoms with Gasteiger partial charge in [0.2, 0.25) is 0 Å². The van der Waals surface area contributed by atoms with Gasteiger partial charge in [-0.3, -0.25) is 0 Å². The summed E-state index contributed by atoms with van der Waals surface area (Å²) in [5.41, 5.74) is 5.55. The number of rotatable bonds is 3. The van der Waals surface area contributed by atoms with Gasteiger partial charge in [-0.2, -0.15) is 5.21 Å². The third-order valence-corrected chi connectivity index (χ3v) is 1.88. The van der Waals surface area contributed by atoms with Crippen molar-refractivity contribution >= 4 is 11.6 Å². The summed E-state index contributed by atoms with van der Waals surface area (Å²) in [6.45, 7) is 1.91. The Balaban J connectivity index is 2.09. The van der Waals surface area contributed by atoms with Crippen molar-refractivity contribution in [2.75, 3.05) is 11.1 Å². The highest BCUT2D eigenvalue weighted by Gasteiger charge is 2.09. The molecule has 2 heterocycles. The van der Waals surface area contributed by atoms with Crippen LogP contribution in [0, 0.1) is 0 Å². The van der Waals surface area contributed by atoms with Crippen molar-refractivity contribution in [3.05, 3.63) is 24.0 Å². The number of hydrogen-bond acceptors (Lipinski definition) is 6. The molecular formula is C8H11N7. The van der Waals surface area contributed by atoms with Crippen LogP contribution in [0.2, 0.25) is 0 Å². The van der Waals surface area contributed by atoms with E-state index in [0.717, 1.165) is 0 Å². The molecule has 1 unspecified atom stereocenters. The number of nitrogens with one attached hydrogen (secondary N) is 2. The Kier molecular flexibility index (Phi) is 2.44. The maximum atomic E-state index is 5.55. The average Bonchev–Trinajstić information content (AvgIpc) is 2.70. The molecule has 1 atom stereocenters. The number of nitrogens with two attached hydrogens (primary N) is 1. The van der Waals surface area contributed by atoms with E-state index in [1.165, 1.54) is 0 Å². The SMILES string of the molecule is CC(Nc1cccc(N)n1)c1nn[nH]n1. The van der Waals surface area contributed by atoms with Crippen LogP contribution in [0.1, 0.15) is 18.8 Å². The predicted molar refractivity (Wildman–Crippen MR) is 54.9 cm³/mol. The lowest BCUT2D eigenvalue weighted by molar-refractivity contribution is 0.788. The van der Waals surface area contributed by atoms with E-state index in [0.29, 0.717) is 17.5 Å². The van der Waals surface area contributed by atoms with E-state index >= 15 is 0 Å². The van der Waals surface area contributed by atoms with Crippen LogP contribution in [0.3, 0.4) is 0 Å². The van der Waals surface area contributed by atoms with Gasteiger partial charge in [0.15, 0.2) is 5.82 Å². The fourth-order valence-corrected chi connectivity index (χ4v) is 1.17. The Morgan fingerprint density at radius 1 is 1.47 bits per heavy atom. The first-order valence-electron chi connectivity index (χ1n) is 4.48. The summed E-state index contributed by atoms with van der Waals surface area (Å²) in [5.74, 6) is 1.74. The summed E-state index contributed by atoms with van der Waals surface area (Å²) >= 11 is 0. The molecule has 0 aliphatic rings. The van der Waals surface area contributed by atoms with Gasteiger partial charge >= 0.3 is 0 Å². The van der Waals surface area contributed by atoms with Gasteiger partial charge in [0.1, 0.15) is 11.6 Å². The predicted octanol–water partition coefficient (Wildman–Crippen LogP) is 0.350. The number of tetrazole rings is 1. The highest BCUT2D eigenvalue weighted by molar-refractivity contribution is 5.43. The number of nitrogens with zero attached hydrogens (tertiary/aromatic N) is 4.